The van der Waals surface area contributed by atoms with Crippen LogP contribution in [-0.2, 0) is 11.6 Å². The highest BCUT2D eigenvalue weighted by molar-refractivity contribution is 6.31. The number of pyridine rings is 3. The number of hydrogen-bond donors (Lipinski definition) is 1. The number of carbonyl (C=O) groups is 1. The lowest BCUT2D eigenvalue weighted by molar-refractivity contribution is -0.137. The molecule has 2 saturated heterocycles. The number of hydrogen-bond acceptors (Lipinski definition) is 7. The van der Waals surface area contributed by atoms with Crippen LogP contribution in [0.2, 0.25) is 5.02 Å². The molecular formula is C31H34ClF3N6O2. The standard InChI is InChI=1S/C31H34ClF3N6O2/c1-3-19-17-40(25-16-37-15-23(32)26(25)31(33,34)35)13-10-30(19)18-41(20-9-12-36-14-20)29(42)27-22(30)7-8-24(39-27)21-6-5-11-38-28(21)43-4-2/h5-8,11,15-16,19-20,36H,3-4,9-10,12-14,17-18H2,1-2H3/t19-,20?,30+/m1/s1. The number of ether oxygens (including phenoxy) is 1. The predicted octanol–water partition coefficient (Wildman–Crippen LogP) is 5.60. The van der Waals surface area contributed by atoms with Crippen LogP contribution < -0.4 is 15.0 Å². The first-order chi connectivity index (χ1) is 20.7. The van der Waals surface area contributed by atoms with Gasteiger partial charge >= 0.3 is 6.18 Å². The van der Waals surface area contributed by atoms with Crippen LogP contribution in [0.5, 0.6) is 5.88 Å². The number of carbonyl (C=O) groups excluding carboxylic acids is 1. The Labute approximate surface area is 253 Å². The van der Waals surface area contributed by atoms with Crippen LogP contribution in [0.4, 0.5) is 18.9 Å². The zero-order valence-corrected chi connectivity index (χ0v) is 24.9. The molecule has 6 heterocycles. The van der Waals surface area contributed by atoms with E-state index in [2.05, 4.69) is 22.2 Å². The number of alkyl halides is 3. The second-order valence-electron chi connectivity index (χ2n) is 11.4. The predicted molar refractivity (Wildman–Crippen MR) is 157 cm³/mol. The molecule has 1 spiro atoms. The van der Waals surface area contributed by atoms with Crippen molar-refractivity contribution < 1.29 is 22.7 Å². The fourth-order valence-corrected chi connectivity index (χ4v) is 7.39. The minimum atomic E-state index is -4.62. The lowest BCUT2D eigenvalue weighted by Crippen LogP contribution is -2.61. The van der Waals surface area contributed by atoms with Crippen LogP contribution in [0.15, 0.2) is 42.9 Å². The highest BCUT2D eigenvalue weighted by atomic mass is 35.5. The zero-order chi connectivity index (χ0) is 30.4. The van der Waals surface area contributed by atoms with Crippen LogP contribution >= 0.6 is 11.6 Å². The number of halogens is 4. The molecule has 0 aromatic carbocycles. The Bertz CT molecular complexity index is 1520. The quantitative estimate of drug-likeness (QED) is 0.387. The van der Waals surface area contributed by atoms with Crippen LogP contribution in [-0.4, -0.2) is 71.1 Å². The van der Waals surface area contributed by atoms with Crippen LogP contribution in [0, 0.1) is 5.92 Å². The minimum Gasteiger partial charge on any atom is -0.477 e. The summed E-state index contributed by atoms with van der Waals surface area (Å²) in [5, 5.41) is 2.96. The van der Waals surface area contributed by atoms with E-state index < -0.39 is 22.2 Å². The monoisotopic (exact) mass is 614 g/mol. The molecule has 3 aromatic rings. The molecule has 43 heavy (non-hydrogen) atoms. The van der Waals surface area contributed by atoms with Gasteiger partial charge < -0.3 is 19.9 Å². The fourth-order valence-electron chi connectivity index (χ4n) is 7.13. The maximum Gasteiger partial charge on any atom is 0.419 e. The SMILES string of the molecule is CCOc1ncccc1-c1ccc2c(n1)C(=O)N(C1CCNC1)C[C@]21CCN(c2cncc(Cl)c2C(F)(F)F)C[C@H]1CC. The van der Waals surface area contributed by atoms with Crippen molar-refractivity contribution in [1.29, 1.82) is 0 Å². The normalized spacial score (nSPS) is 24.0. The number of amides is 1. The van der Waals surface area contributed by atoms with E-state index in [1.54, 1.807) is 11.1 Å². The highest BCUT2D eigenvalue weighted by Gasteiger charge is 2.52. The Morgan fingerprint density at radius 3 is 2.77 bits per heavy atom. The molecule has 1 unspecified atom stereocenters. The molecule has 3 aliphatic heterocycles. The molecule has 0 radical (unpaired) electrons. The third kappa shape index (κ3) is 5.20. The van der Waals surface area contributed by atoms with Gasteiger partial charge in [-0.3, -0.25) is 9.78 Å². The summed E-state index contributed by atoms with van der Waals surface area (Å²) in [6.45, 7) is 7.10. The van der Waals surface area contributed by atoms with Gasteiger partial charge in [0.25, 0.3) is 5.91 Å². The fraction of sp³-hybridized carbons (Fsp3) is 0.484. The van der Waals surface area contributed by atoms with Crippen LogP contribution in [0.25, 0.3) is 11.3 Å². The summed E-state index contributed by atoms with van der Waals surface area (Å²) in [7, 11) is 0. The first-order valence-corrected chi connectivity index (χ1v) is 15.1. The Kier molecular flexibility index (Phi) is 7.97. The zero-order valence-electron chi connectivity index (χ0n) is 24.1. The van der Waals surface area contributed by atoms with Crippen molar-refractivity contribution in [2.24, 2.45) is 5.92 Å². The van der Waals surface area contributed by atoms with Gasteiger partial charge in [-0.15, -0.1) is 0 Å². The molecule has 3 aliphatic rings. The van der Waals surface area contributed by atoms with E-state index in [9.17, 15) is 18.0 Å². The first kappa shape index (κ1) is 29.6. The number of fused-ring (bicyclic) bond motifs is 2. The van der Waals surface area contributed by atoms with E-state index in [0.717, 1.165) is 24.7 Å². The molecule has 228 valence electrons. The molecule has 3 atom stereocenters. The highest BCUT2D eigenvalue weighted by Crippen LogP contribution is 2.49. The molecule has 2 fully saturated rings. The Morgan fingerprint density at radius 1 is 1.21 bits per heavy atom. The number of anilines is 1. The van der Waals surface area contributed by atoms with Crippen molar-refractivity contribution in [3.8, 4) is 17.1 Å². The Morgan fingerprint density at radius 2 is 2.05 bits per heavy atom. The molecule has 12 heteroatoms. The molecule has 1 amide bonds. The molecular weight excluding hydrogens is 581 g/mol. The van der Waals surface area contributed by atoms with Crippen molar-refractivity contribution in [2.45, 2.75) is 50.7 Å². The summed E-state index contributed by atoms with van der Waals surface area (Å²) < 4.78 is 48.0. The van der Waals surface area contributed by atoms with E-state index in [0.29, 0.717) is 68.5 Å². The number of nitrogens with one attached hydrogen (secondary N) is 1. The van der Waals surface area contributed by atoms with Gasteiger partial charge in [0.15, 0.2) is 0 Å². The van der Waals surface area contributed by atoms with Crippen LogP contribution in [0.1, 0.15) is 54.7 Å². The van der Waals surface area contributed by atoms with Gasteiger partial charge in [-0.25, -0.2) is 9.97 Å². The molecule has 6 rings (SSSR count). The average molecular weight is 615 g/mol. The van der Waals surface area contributed by atoms with Crippen molar-refractivity contribution in [3.05, 3.63) is 64.7 Å². The summed E-state index contributed by atoms with van der Waals surface area (Å²) >= 11 is 6.04. The van der Waals surface area contributed by atoms with Gasteiger partial charge in [0, 0.05) is 50.0 Å². The Balaban J connectivity index is 1.44. The van der Waals surface area contributed by atoms with Gasteiger partial charge in [-0.1, -0.05) is 31.0 Å². The van der Waals surface area contributed by atoms with E-state index >= 15 is 0 Å². The van der Waals surface area contributed by atoms with Gasteiger partial charge in [-0.2, -0.15) is 13.2 Å². The van der Waals surface area contributed by atoms with Gasteiger partial charge in [0.1, 0.15) is 11.3 Å². The lowest BCUT2D eigenvalue weighted by Gasteiger charge is -2.54. The molecule has 0 aliphatic carbocycles. The number of rotatable bonds is 6. The summed E-state index contributed by atoms with van der Waals surface area (Å²) in [4.78, 5) is 31.2. The maximum atomic E-state index is 14.1. The minimum absolute atomic E-state index is 0.00855. The third-order valence-electron chi connectivity index (χ3n) is 9.20. The molecule has 0 saturated carbocycles. The van der Waals surface area contributed by atoms with E-state index in [4.69, 9.17) is 21.3 Å². The van der Waals surface area contributed by atoms with E-state index in [-0.39, 0.29) is 23.6 Å². The Hall–Kier alpha value is -3.44. The number of piperidine rings is 1. The van der Waals surface area contributed by atoms with E-state index in [1.807, 2.05) is 36.1 Å². The maximum absolute atomic E-state index is 14.1. The second kappa shape index (κ2) is 11.6. The molecule has 3 aromatic heterocycles. The van der Waals surface area contributed by atoms with Crippen molar-refractivity contribution in [3.63, 3.8) is 0 Å². The van der Waals surface area contributed by atoms with Crippen molar-refractivity contribution in [1.82, 2.24) is 25.2 Å². The summed E-state index contributed by atoms with van der Waals surface area (Å²) in [5.41, 5.74) is 1.20. The smallest absolute Gasteiger partial charge is 0.419 e. The summed E-state index contributed by atoms with van der Waals surface area (Å²) in [5.74, 6) is 0.270. The molecule has 0 bridgehead atoms. The van der Waals surface area contributed by atoms with Crippen molar-refractivity contribution >= 4 is 23.2 Å². The summed E-state index contributed by atoms with van der Waals surface area (Å²) in [6.07, 6.45) is 1.41. The van der Waals surface area contributed by atoms with Gasteiger partial charge in [0.2, 0.25) is 5.88 Å². The lowest BCUT2D eigenvalue weighted by atomic mass is 9.62. The average Bonchev–Trinajstić information content (AvgIpc) is 3.54. The first-order valence-electron chi connectivity index (χ1n) is 14.7. The largest absolute Gasteiger partial charge is 0.477 e. The molecule has 1 N–H and O–H groups in total. The molecule has 8 nitrogen and oxygen atoms in total. The van der Waals surface area contributed by atoms with Crippen LogP contribution in [0.3, 0.4) is 0 Å². The van der Waals surface area contributed by atoms with Gasteiger partial charge in [0.05, 0.1) is 34.8 Å². The third-order valence-corrected chi connectivity index (χ3v) is 9.48. The second-order valence-corrected chi connectivity index (χ2v) is 11.8. The van der Waals surface area contributed by atoms with Crippen molar-refractivity contribution in [2.75, 3.05) is 44.2 Å². The number of nitrogens with zero attached hydrogens (tertiary/aromatic N) is 5. The summed E-state index contributed by atoms with van der Waals surface area (Å²) in [6, 6.07) is 7.59. The number of aromatic nitrogens is 3. The van der Waals surface area contributed by atoms with Gasteiger partial charge in [-0.05, 0) is 56.0 Å². The topological polar surface area (TPSA) is 83.5 Å². The van der Waals surface area contributed by atoms with E-state index in [1.165, 1.54) is 6.20 Å².